The zero-order chi connectivity index (χ0) is 21.7. The van der Waals surface area contributed by atoms with E-state index in [4.69, 9.17) is 4.74 Å². The summed E-state index contributed by atoms with van der Waals surface area (Å²) in [6.07, 6.45) is 1.71. The molecule has 1 aliphatic heterocycles. The average molecular weight is 408 g/mol. The van der Waals surface area contributed by atoms with Gasteiger partial charge in [0, 0.05) is 24.3 Å². The summed E-state index contributed by atoms with van der Waals surface area (Å²) in [6, 6.07) is 13.4. The minimum Gasteiger partial charge on any atom is -0.455 e. The molecule has 0 aromatic heterocycles. The van der Waals surface area contributed by atoms with E-state index in [2.05, 4.69) is 19.2 Å². The SMILES string of the molecule is CCc1cccc(CC)c1N1C[C@@H](C(=O)OCC(=O)Nc2cccc(C)c2)CC1=O. The van der Waals surface area contributed by atoms with Crippen molar-refractivity contribution in [3.63, 3.8) is 0 Å². The summed E-state index contributed by atoms with van der Waals surface area (Å²) in [5.41, 5.74) is 4.78. The predicted octanol–water partition coefficient (Wildman–Crippen LogP) is 3.65. The minimum atomic E-state index is -0.570. The van der Waals surface area contributed by atoms with Gasteiger partial charge in [0.1, 0.15) is 0 Å². The van der Waals surface area contributed by atoms with Crippen molar-refractivity contribution in [3.05, 3.63) is 59.2 Å². The van der Waals surface area contributed by atoms with Gasteiger partial charge in [0.2, 0.25) is 5.91 Å². The third-order valence-electron chi connectivity index (χ3n) is 5.34. The van der Waals surface area contributed by atoms with E-state index >= 15 is 0 Å². The third kappa shape index (κ3) is 4.87. The summed E-state index contributed by atoms with van der Waals surface area (Å²) in [4.78, 5) is 39.0. The lowest BCUT2D eigenvalue weighted by molar-refractivity contribution is -0.151. The number of carbonyl (C=O) groups excluding carboxylic acids is 3. The Kier molecular flexibility index (Phi) is 6.87. The van der Waals surface area contributed by atoms with Crippen molar-refractivity contribution >= 4 is 29.2 Å². The number of esters is 1. The molecule has 1 heterocycles. The van der Waals surface area contributed by atoms with Gasteiger partial charge in [0.15, 0.2) is 6.61 Å². The third-order valence-corrected chi connectivity index (χ3v) is 5.34. The Labute approximate surface area is 177 Å². The van der Waals surface area contributed by atoms with Crippen LogP contribution < -0.4 is 10.2 Å². The van der Waals surface area contributed by atoms with E-state index in [-0.39, 0.29) is 25.5 Å². The topological polar surface area (TPSA) is 75.7 Å². The van der Waals surface area contributed by atoms with Crippen LogP contribution in [0, 0.1) is 12.8 Å². The van der Waals surface area contributed by atoms with Crippen molar-refractivity contribution in [2.24, 2.45) is 5.92 Å². The van der Waals surface area contributed by atoms with Crippen LogP contribution in [-0.4, -0.2) is 30.9 Å². The van der Waals surface area contributed by atoms with Gasteiger partial charge in [0.25, 0.3) is 5.91 Å². The highest BCUT2D eigenvalue weighted by atomic mass is 16.5. The number of anilines is 2. The van der Waals surface area contributed by atoms with Crippen molar-refractivity contribution < 1.29 is 19.1 Å². The number of carbonyl (C=O) groups is 3. The van der Waals surface area contributed by atoms with Crippen molar-refractivity contribution in [3.8, 4) is 0 Å². The number of rotatable bonds is 7. The molecular weight excluding hydrogens is 380 g/mol. The quantitative estimate of drug-likeness (QED) is 0.710. The van der Waals surface area contributed by atoms with E-state index in [1.54, 1.807) is 11.0 Å². The molecule has 1 N–H and O–H groups in total. The molecule has 30 heavy (non-hydrogen) atoms. The van der Waals surface area contributed by atoms with Gasteiger partial charge in [-0.05, 0) is 48.6 Å². The molecule has 2 aromatic carbocycles. The standard InChI is InChI=1S/C24H28N2O4/c1-4-17-9-7-10-18(5-2)23(17)26-14-19(13-22(26)28)24(29)30-15-21(27)25-20-11-6-8-16(3)12-20/h6-12,19H,4-5,13-15H2,1-3H3,(H,25,27)/t19-/m0/s1. The van der Waals surface area contributed by atoms with Crippen molar-refractivity contribution in [1.29, 1.82) is 0 Å². The Hall–Kier alpha value is -3.15. The zero-order valence-electron chi connectivity index (χ0n) is 17.7. The monoisotopic (exact) mass is 408 g/mol. The normalized spacial score (nSPS) is 15.9. The maximum absolute atomic E-state index is 12.7. The first-order valence-corrected chi connectivity index (χ1v) is 10.4. The number of para-hydroxylation sites is 1. The fraction of sp³-hybridized carbons (Fsp3) is 0.375. The lowest BCUT2D eigenvalue weighted by atomic mass is 10.0. The maximum Gasteiger partial charge on any atom is 0.311 e. The van der Waals surface area contributed by atoms with Crippen LogP contribution in [0.25, 0.3) is 0 Å². The second-order valence-corrected chi connectivity index (χ2v) is 7.56. The van der Waals surface area contributed by atoms with Gasteiger partial charge in [-0.2, -0.15) is 0 Å². The molecule has 0 spiro atoms. The summed E-state index contributed by atoms with van der Waals surface area (Å²) < 4.78 is 5.21. The summed E-state index contributed by atoms with van der Waals surface area (Å²) in [6.45, 7) is 5.94. The largest absolute Gasteiger partial charge is 0.455 e. The van der Waals surface area contributed by atoms with Gasteiger partial charge in [-0.15, -0.1) is 0 Å². The number of nitrogens with one attached hydrogen (secondary N) is 1. The Balaban J connectivity index is 1.61. The average Bonchev–Trinajstić information content (AvgIpc) is 3.12. The molecule has 158 valence electrons. The molecule has 3 rings (SSSR count). The van der Waals surface area contributed by atoms with Crippen LogP contribution in [0.15, 0.2) is 42.5 Å². The molecule has 6 heteroatoms. The van der Waals surface area contributed by atoms with Gasteiger partial charge in [-0.3, -0.25) is 14.4 Å². The lowest BCUT2D eigenvalue weighted by Gasteiger charge is -2.23. The van der Waals surface area contributed by atoms with Crippen molar-refractivity contribution in [2.75, 3.05) is 23.4 Å². The Morgan fingerprint density at radius 3 is 2.40 bits per heavy atom. The van der Waals surface area contributed by atoms with Crippen LogP contribution in [0.3, 0.4) is 0 Å². The molecule has 0 aliphatic carbocycles. The van der Waals surface area contributed by atoms with Gasteiger partial charge in [0.05, 0.1) is 5.92 Å². The number of hydrogen-bond donors (Lipinski definition) is 1. The summed E-state index contributed by atoms with van der Waals surface area (Å²) in [5.74, 6) is -1.58. The Morgan fingerprint density at radius 2 is 1.77 bits per heavy atom. The van der Waals surface area contributed by atoms with Gasteiger partial charge < -0.3 is 15.0 Å². The molecule has 2 aromatic rings. The zero-order valence-corrected chi connectivity index (χ0v) is 17.7. The number of benzene rings is 2. The molecule has 0 radical (unpaired) electrons. The molecule has 1 atom stereocenters. The predicted molar refractivity (Wildman–Crippen MR) is 116 cm³/mol. The molecular formula is C24H28N2O4. The molecule has 0 saturated carbocycles. The second kappa shape index (κ2) is 9.57. The highest BCUT2D eigenvalue weighted by Gasteiger charge is 2.37. The van der Waals surface area contributed by atoms with Crippen molar-refractivity contribution in [2.45, 2.75) is 40.0 Å². The first-order chi connectivity index (χ1) is 14.4. The molecule has 1 saturated heterocycles. The Morgan fingerprint density at radius 1 is 1.10 bits per heavy atom. The van der Waals surface area contributed by atoms with E-state index in [0.29, 0.717) is 5.69 Å². The lowest BCUT2D eigenvalue weighted by Crippen LogP contribution is -2.29. The number of hydrogen-bond acceptors (Lipinski definition) is 4. The van der Waals surface area contributed by atoms with Crippen LogP contribution in [-0.2, 0) is 32.0 Å². The van der Waals surface area contributed by atoms with Crippen LogP contribution >= 0.6 is 0 Å². The molecule has 2 amide bonds. The van der Waals surface area contributed by atoms with E-state index in [1.165, 1.54) is 0 Å². The maximum atomic E-state index is 12.7. The Bertz CT molecular complexity index is 932. The first kappa shape index (κ1) is 21.6. The van der Waals surface area contributed by atoms with Gasteiger partial charge in [-0.1, -0.05) is 44.2 Å². The van der Waals surface area contributed by atoms with E-state index in [9.17, 15) is 14.4 Å². The number of amides is 2. The molecule has 1 fully saturated rings. The summed E-state index contributed by atoms with van der Waals surface area (Å²) >= 11 is 0. The van der Waals surface area contributed by atoms with Crippen LogP contribution in [0.5, 0.6) is 0 Å². The summed E-state index contributed by atoms with van der Waals surface area (Å²) in [7, 11) is 0. The van der Waals surface area contributed by atoms with E-state index in [1.807, 2.05) is 43.3 Å². The fourth-order valence-electron chi connectivity index (χ4n) is 3.82. The second-order valence-electron chi connectivity index (χ2n) is 7.56. The van der Waals surface area contributed by atoms with Crippen LogP contribution in [0.1, 0.15) is 37.0 Å². The smallest absolute Gasteiger partial charge is 0.311 e. The van der Waals surface area contributed by atoms with Crippen LogP contribution in [0.2, 0.25) is 0 Å². The molecule has 0 unspecified atom stereocenters. The van der Waals surface area contributed by atoms with Gasteiger partial charge in [-0.25, -0.2) is 0 Å². The number of nitrogens with zero attached hydrogens (tertiary/aromatic N) is 1. The number of ether oxygens (including phenoxy) is 1. The number of aryl methyl sites for hydroxylation is 3. The van der Waals surface area contributed by atoms with E-state index in [0.717, 1.165) is 35.2 Å². The highest BCUT2D eigenvalue weighted by molar-refractivity contribution is 6.01. The van der Waals surface area contributed by atoms with E-state index < -0.39 is 17.8 Å². The van der Waals surface area contributed by atoms with Crippen molar-refractivity contribution in [1.82, 2.24) is 0 Å². The highest BCUT2D eigenvalue weighted by Crippen LogP contribution is 2.32. The van der Waals surface area contributed by atoms with Crippen LogP contribution in [0.4, 0.5) is 11.4 Å². The first-order valence-electron chi connectivity index (χ1n) is 10.4. The molecule has 1 aliphatic rings. The minimum absolute atomic E-state index is 0.0863. The van der Waals surface area contributed by atoms with Gasteiger partial charge >= 0.3 is 5.97 Å². The molecule has 0 bridgehead atoms. The summed E-state index contributed by atoms with van der Waals surface area (Å²) in [5, 5.41) is 2.71. The fourth-order valence-corrected chi connectivity index (χ4v) is 3.82. The molecule has 6 nitrogen and oxygen atoms in total.